The summed E-state index contributed by atoms with van der Waals surface area (Å²) in [5, 5.41) is 0.639. The van der Waals surface area contributed by atoms with Gasteiger partial charge in [-0.1, -0.05) is 18.5 Å². The highest BCUT2D eigenvalue weighted by molar-refractivity contribution is 6.30. The molecule has 3 nitrogen and oxygen atoms in total. The van der Waals surface area contributed by atoms with Crippen LogP contribution >= 0.6 is 11.6 Å². The quantitative estimate of drug-likeness (QED) is 0.587. The predicted octanol–water partition coefficient (Wildman–Crippen LogP) is 3.02. The highest BCUT2D eigenvalue weighted by Crippen LogP contribution is 2.17. The molecule has 0 amide bonds. The average Bonchev–Trinajstić information content (AvgIpc) is 2.21. The molecule has 0 saturated carbocycles. The van der Waals surface area contributed by atoms with E-state index in [1.54, 1.807) is 38.1 Å². The fourth-order valence-electron chi connectivity index (χ4n) is 0.997. The SMILES string of the molecule is CCC(=O)OC(C)Oc1ccc(Cl)cc1. The van der Waals surface area contributed by atoms with E-state index in [0.717, 1.165) is 0 Å². The summed E-state index contributed by atoms with van der Waals surface area (Å²) < 4.78 is 10.3. The van der Waals surface area contributed by atoms with Gasteiger partial charge in [0.1, 0.15) is 5.75 Å². The van der Waals surface area contributed by atoms with Crippen molar-refractivity contribution in [2.75, 3.05) is 0 Å². The lowest BCUT2D eigenvalue weighted by Crippen LogP contribution is -2.20. The summed E-state index contributed by atoms with van der Waals surface area (Å²) in [4.78, 5) is 10.9. The minimum Gasteiger partial charge on any atom is -0.455 e. The molecule has 15 heavy (non-hydrogen) atoms. The number of ether oxygens (including phenoxy) is 2. The monoisotopic (exact) mass is 228 g/mol. The first-order chi connectivity index (χ1) is 7.11. The number of hydrogen-bond donors (Lipinski definition) is 0. The molecular formula is C11H13ClO3. The van der Waals surface area contributed by atoms with Crippen LogP contribution in [0, 0.1) is 0 Å². The van der Waals surface area contributed by atoms with Crippen molar-refractivity contribution >= 4 is 17.6 Å². The Morgan fingerprint density at radius 2 is 2.00 bits per heavy atom. The molecule has 0 radical (unpaired) electrons. The van der Waals surface area contributed by atoms with Crippen LogP contribution < -0.4 is 4.74 Å². The van der Waals surface area contributed by atoms with Crippen LogP contribution in [-0.4, -0.2) is 12.3 Å². The molecule has 0 N–H and O–H groups in total. The fourth-order valence-corrected chi connectivity index (χ4v) is 1.12. The molecule has 1 unspecified atom stereocenters. The number of carbonyl (C=O) groups is 1. The largest absolute Gasteiger partial charge is 0.455 e. The zero-order valence-electron chi connectivity index (χ0n) is 8.70. The first-order valence-electron chi connectivity index (χ1n) is 4.73. The van der Waals surface area contributed by atoms with Crippen LogP contribution in [0.1, 0.15) is 20.3 Å². The smallest absolute Gasteiger partial charge is 0.308 e. The molecule has 0 saturated heterocycles. The highest BCUT2D eigenvalue weighted by atomic mass is 35.5. The lowest BCUT2D eigenvalue weighted by Gasteiger charge is -2.14. The summed E-state index contributed by atoms with van der Waals surface area (Å²) in [6.45, 7) is 3.40. The van der Waals surface area contributed by atoms with Gasteiger partial charge in [-0.05, 0) is 24.3 Å². The van der Waals surface area contributed by atoms with E-state index in [0.29, 0.717) is 17.2 Å². The molecule has 0 heterocycles. The minimum absolute atomic E-state index is 0.281. The first kappa shape index (κ1) is 11.9. The van der Waals surface area contributed by atoms with Crippen molar-refractivity contribution in [2.45, 2.75) is 26.6 Å². The predicted molar refractivity (Wildman–Crippen MR) is 57.9 cm³/mol. The van der Waals surface area contributed by atoms with Crippen LogP contribution in [0.15, 0.2) is 24.3 Å². The second kappa shape index (κ2) is 5.61. The van der Waals surface area contributed by atoms with Crippen molar-refractivity contribution in [3.05, 3.63) is 29.3 Å². The van der Waals surface area contributed by atoms with Gasteiger partial charge in [0.25, 0.3) is 0 Å². The summed E-state index contributed by atoms with van der Waals surface area (Å²) in [6, 6.07) is 6.87. The topological polar surface area (TPSA) is 35.5 Å². The molecular weight excluding hydrogens is 216 g/mol. The van der Waals surface area contributed by atoms with Gasteiger partial charge in [-0.25, -0.2) is 0 Å². The zero-order valence-corrected chi connectivity index (χ0v) is 9.45. The van der Waals surface area contributed by atoms with Crippen molar-refractivity contribution in [1.29, 1.82) is 0 Å². The Labute approximate surface area is 93.9 Å². The van der Waals surface area contributed by atoms with Gasteiger partial charge in [-0.3, -0.25) is 4.79 Å². The third kappa shape index (κ3) is 4.21. The lowest BCUT2D eigenvalue weighted by atomic mass is 10.3. The summed E-state index contributed by atoms with van der Waals surface area (Å²) >= 11 is 5.71. The normalized spacial score (nSPS) is 11.9. The Hall–Kier alpha value is -1.22. The Balaban J connectivity index is 2.47. The number of esters is 1. The molecule has 1 atom stereocenters. The summed E-state index contributed by atoms with van der Waals surface area (Å²) in [7, 11) is 0. The Bertz CT molecular complexity index is 321. The Morgan fingerprint density at radius 1 is 1.40 bits per heavy atom. The summed E-state index contributed by atoms with van der Waals surface area (Å²) in [5.41, 5.74) is 0. The Morgan fingerprint density at radius 3 is 2.53 bits per heavy atom. The standard InChI is InChI=1S/C11H13ClO3/c1-3-11(13)15-8(2)14-10-6-4-9(12)5-7-10/h4-8H,3H2,1-2H3. The van der Waals surface area contributed by atoms with Gasteiger partial charge in [-0.15, -0.1) is 0 Å². The third-order valence-electron chi connectivity index (χ3n) is 1.70. The van der Waals surface area contributed by atoms with E-state index in [9.17, 15) is 4.79 Å². The molecule has 0 aliphatic heterocycles. The summed E-state index contributed by atoms with van der Waals surface area (Å²) in [6.07, 6.45) is -0.243. The van der Waals surface area contributed by atoms with E-state index in [1.807, 2.05) is 0 Å². The van der Waals surface area contributed by atoms with Gasteiger partial charge in [0.05, 0.1) is 0 Å². The van der Waals surface area contributed by atoms with Crippen LogP contribution in [0.3, 0.4) is 0 Å². The molecule has 4 heteroatoms. The van der Waals surface area contributed by atoms with Crippen LogP contribution in [0.4, 0.5) is 0 Å². The van der Waals surface area contributed by atoms with E-state index >= 15 is 0 Å². The van der Waals surface area contributed by atoms with Gasteiger partial charge < -0.3 is 9.47 Å². The van der Waals surface area contributed by atoms with E-state index in [4.69, 9.17) is 21.1 Å². The number of hydrogen-bond acceptors (Lipinski definition) is 3. The first-order valence-corrected chi connectivity index (χ1v) is 5.11. The van der Waals surface area contributed by atoms with E-state index < -0.39 is 6.29 Å². The zero-order chi connectivity index (χ0) is 11.3. The van der Waals surface area contributed by atoms with Gasteiger partial charge in [0, 0.05) is 18.4 Å². The highest BCUT2D eigenvalue weighted by Gasteiger charge is 2.08. The molecule has 0 aliphatic carbocycles. The number of benzene rings is 1. The molecule has 1 aromatic rings. The van der Waals surface area contributed by atoms with E-state index in [-0.39, 0.29) is 5.97 Å². The van der Waals surface area contributed by atoms with Crippen molar-refractivity contribution in [3.8, 4) is 5.75 Å². The molecule has 0 aromatic heterocycles. The maximum atomic E-state index is 10.9. The van der Waals surface area contributed by atoms with E-state index in [2.05, 4.69) is 0 Å². The van der Waals surface area contributed by atoms with E-state index in [1.165, 1.54) is 0 Å². The summed E-state index contributed by atoms with van der Waals surface area (Å²) in [5.74, 6) is 0.340. The van der Waals surface area contributed by atoms with Crippen LogP contribution in [0.5, 0.6) is 5.75 Å². The third-order valence-corrected chi connectivity index (χ3v) is 1.95. The molecule has 0 bridgehead atoms. The molecule has 1 rings (SSSR count). The van der Waals surface area contributed by atoms with Gasteiger partial charge in [0.2, 0.25) is 6.29 Å². The van der Waals surface area contributed by atoms with Crippen LogP contribution in [-0.2, 0) is 9.53 Å². The average molecular weight is 229 g/mol. The van der Waals surface area contributed by atoms with Gasteiger partial charge in [-0.2, -0.15) is 0 Å². The maximum absolute atomic E-state index is 10.9. The van der Waals surface area contributed by atoms with Crippen molar-refractivity contribution in [1.82, 2.24) is 0 Å². The Kier molecular flexibility index (Phi) is 4.43. The van der Waals surface area contributed by atoms with Crippen molar-refractivity contribution in [2.24, 2.45) is 0 Å². The molecule has 0 spiro atoms. The number of carbonyl (C=O) groups excluding carboxylic acids is 1. The van der Waals surface area contributed by atoms with Crippen molar-refractivity contribution < 1.29 is 14.3 Å². The molecule has 1 aromatic carbocycles. The maximum Gasteiger partial charge on any atom is 0.308 e. The second-order valence-corrected chi connectivity index (χ2v) is 3.42. The molecule has 0 aliphatic rings. The minimum atomic E-state index is -0.585. The van der Waals surface area contributed by atoms with Crippen molar-refractivity contribution in [3.63, 3.8) is 0 Å². The molecule has 0 fully saturated rings. The second-order valence-electron chi connectivity index (χ2n) is 2.98. The number of rotatable bonds is 4. The van der Waals surface area contributed by atoms with Crippen LogP contribution in [0.2, 0.25) is 5.02 Å². The van der Waals surface area contributed by atoms with Gasteiger partial charge >= 0.3 is 5.97 Å². The van der Waals surface area contributed by atoms with Gasteiger partial charge in [0.15, 0.2) is 0 Å². The fraction of sp³-hybridized carbons (Fsp3) is 0.364. The lowest BCUT2D eigenvalue weighted by molar-refractivity contribution is -0.160. The van der Waals surface area contributed by atoms with Crippen LogP contribution in [0.25, 0.3) is 0 Å². The molecule has 82 valence electrons. The number of halogens is 1.